The number of hydrogen-bond donors (Lipinski definition) is 1. The van der Waals surface area contributed by atoms with Gasteiger partial charge in [0.2, 0.25) is 5.91 Å². The number of likely N-dealkylation sites (tertiary alicyclic amines) is 1. The van der Waals surface area contributed by atoms with Crippen molar-refractivity contribution in [3.63, 3.8) is 0 Å². The van der Waals surface area contributed by atoms with Crippen LogP contribution >= 0.6 is 22.9 Å². The first-order valence-corrected chi connectivity index (χ1v) is 10.9. The second-order valence-electron chi connectivity index (χ2n) is 7.36. The number of hydrogen-bond acceptors (Lipinski definition) is 4. The summed E-state index contributed by atoms with van der Waals surface area (Å²) in [7, 11) is 0. The summed E-state index contributed by atoms with van der Waals surface area (Å²) in [5.74, 6) is 0.486. The third kappa shape index (κ3) is 4.37. The van der Waals surface area contributed by atoms with Gasteiger partial charge in [0.1, 0.15) is 0 Å². The Morgan fingerprint density at radius 2 is 2.18 bits per heavy atom. The zero-order chi connectivity index (χ0) is 19.5. The number of nitrogens with zero attached hydrogens (tertiary/aromatic N) is 2. The molecule has 0 aliphatic carbocycles. The van der Waals surface area contributed by atoms with Crippen molar-refractivity contribution in [3.8, 4) is 0 Å². The molecule has 1 aromatic heterocycles. The van der Waals surface area contributed by atoms with Crippen molar-refractivity contribution in [3.05, 3.63) is 64.1 Å². The van der Waals surface area contributed by atoms with Crippen LogP contribution in [0.4, 0.5) is 0 Å². The number of piperidine rings is 1. The number of aromatic nitrogens is 1. The maximum atomic E-state index is 12.8. The molecule has 2 atom stereocenters. The number of benzene rings is 2. The molecule has 1 aliphatic heterocycles. The lowest BCUT2D eigenvalue weighted by atomic mass is 9.98. The molecule has 0 saturated carbocycles. The van der Waals surface area contributed by atoms with Gasteiger partial charge in [-0.05, 0) is 49.6 Å². The van der Waals surface area contributed by atoms with Crippen LogP contribution in [0.2, 0.25) is 5.02 Å². The Labute approximate surface area is 174 Å². The molecular formula is C22H24ClN3OS. The van der Waals surface area contributed by atoms with Crippen LogP contribution in [0.25, 0.3) is 10.2 Å². The standard InChI is InChI=1S/C22H24ClN3OS/c1-15(16-6-4-8-18(23)12-16)24-13-21(27)26-11-5-7-17(14-26)22-25-19-9-2-3-10-20(19)28-22/h2-4,6,8-10,12,15,17,24H,5,7,11,13-14H2,1H3/t15-,17+/m0/s1. The Kier molecular flexibility index (Phi) is 5.95. The van der Waals surface area contributed by atoms with Gasteiger partial charge in [-0.2, -0.15) is 0 Å². The average Bonchev–Trinajstić information content (AvgIpc) is 3.16. The van der Waals surface area contributed by atoms with Gasteiger partial charge in [-0.1, -0.05) is 35.9 Å². The predicted molar refractivity (Wildman–Crippen MR) is 116 cm³/mol. The normalized spacial score (nSPS) is 18.4. The van der Waals surface area contributed by atoms with E-state index in [9.17, 15) is 4.79 Å². The topological polar surface area (TPSA) is 45.2 Å². The number of carbonyl (C=O) groups excluding carboxylic acids is 1. The fraction of sp³-hybridized carbons (Fsp3) is 0.364. The Balaban J connectivity index is 1.36. The first-order chi connectivity index (χ1) is 13.6. The molecule has 4 nitrogen and oxygen atoms in total. The molecule has 146 valence electrons. The van der Waals surface area contributed by atoms with Crippen molar-refractivity contribution >= 4 is 39.1 Å². The van der Waals surface area contributed by atoms with Gasteiger partial charge in [-0.15, -0.1) is 11.3 Å². The van der Waals surface area contributed by atoms with Gasteiger partial charge >= 0.3 is 0 Å². The van der Waals surface area contributed by atoms with E-state index in [1.165, 1.54) is 4.70 Å². The van der Waals surface area contributed by atoms with E-state index in [2.05, 4.69) is 24.4 Å². The fourth-order valence-corrected chi connectivity index (χ4v) is 5.01. The highest BCUT2D eigenvalue weighted by molar-refractivity contribution is 7.18. The molecule has 6 heteroatoms. The molecule has 4 rings (SSSR count). The molecule has 1 amide bonds. The quantitative estimate of drug-likeness (QED) is 0.639. The molecule has 0 spiro atoms. The number of para-hydroxylation sites is 1. The van der Waals surface area contributed by atoms with Crippen molar-refractivity contribution in [2.75, 3.05) is 19.6 Å². The molecule has 3 aromatic rings. The van der Waals surface area contributed by atoms with Crippen molar-refractivity contribution in [2.45, 2.75) is 31.7 Å². The molecule has 1 fully saturated rings. The van der Waals surface area contributed by atoms with E-state index in [1.54, 1.807) is 11.3 Å². The lowest BCUT2D eigenvalue weighted by Gasteiger charge is -2.32. The van der Waals surface area contributed by atoms with Crippen molar-refractivity contribution in [2.24, 2.45) is 0 Å². The maximum Gasteiger partial charge on any atom is 0.236 e. The molecule has 1 aliphatic rings. The van der Waals surface area contributed by atoms with Gasteiger partial charge in [0.25, 0.3) is 0 Å². The minimum atomic E-state index is 0.0764. The molecule has 0 radical (unpaired) electrons. The van der Waals surface area contributed by atoms with Crippen molar-refractivity contribution < 1.29 is 4.79 Å². The van der Waals surface area contributed by atoms with Gasteiger partial charge < -0.3 is 10.2 Å². The highest BCUT2D eigenvalue weighted by Crippen LogP contribution is 2.33. The number of carbonyl (C=O) groups is 1. The molecule has 2 aromatic carbocycles. The highest BCUT2D eigenvalue weighted by Gasteiger charge is 2.27. The molecule has 2 heterocycles. The number of halogens is 1. The van der Waals surface area contributed by atoms with E-state index in [0.29, 0.717) is 17.5 Å². The smallest absolute Gasteiger partial charge is 0.236 e. The summed E-state index contributed by atoms with van der Waals surface area (Å²) in [6.45, 7) is 3.97. The van der Waals surface area contributed by atoms with E-state index >= 15 is 0 Å². The van der Waals surface area contributed by atoms with Crippen LogP contribution in [0, 0.1) is 0 Å². The summed E-state index contributed by atoms with van der Waals surface area (Å²) in [6.07, 6.45) is 2.12. The van der Waals surface area contributed by atoms with Gasteiger partial charge in [-0.3, -0.25) is 4.79 Å². The van der Waals surface area contributed by atoms with Gasteiger partial charge in [0.15, 0.2) is 0 Å². The Morgan fingerprint density at radius 1 is 1.32 bits per heavy atom. The second-order valence-corrected chi connectivity index (χ2v) is 8.85. The Morgan fingerprint density at radius 3 is 3.00 bits per heavy atom. The molecule has 0 unspecified atom stereocenters. The maximum absolute atomic E-state index is 12.8. The van der Waals surface area contributed by atoms with E-state index in [-0.39, 0.29) is 11.9 Å². The largest absolute Gasteiger partial charge is 0.341 e. The lowest BCUT2D eigenvalue weighted by molar-refractivity contribution is -0.131. The molecule has 1 N–H and O–H groups in total. The molecule has 1 saturated heterocycles. The van der Waals surface area contributed by atoms with Crippen LogP contribution < -0.4 is 5.32 Å². The van der Waals surface area contributed by atoms with Gasteiger partial charge in [0, 0.05) is 30.1 Å². The van der Waals surface area contributed by atoms with Crippen LogP contribution in [0.1, 0.15) is 42.3 Å². The predicted octanol–water partition coefficient (Wildman–Crippen LogP) is 5.01. The second kappa shape index (κ2) is 8.60. The van der Waals surface area contributed by atoms with Gasteiger partial charge in [0.05, 0.1) is 21.8 Å². The molecular weight excluding hydrogens is 390 g/mol. The summed E-state index contributed by atoms with van der Waals surface area (Å²) in [4.78, 5) is 19.6. The SMILES string of the molecule is C[C@H](NCC(=O)N1CCC[C@@H](c2nc3ccccc3s2)C1)c1cccc(Cl)c1. The highest BCUT2D eigenvalue weighted by atomic mass is 35.5. The number of thiazole rings is 1. The van der Waals surface area contributed by atoms with Gasteiger partial charge in [-0.25, -0.2) is 4.98 Å². The van der Waals surface area contributed by atoms with E-state index in [1.807, 2.05) is 41.3 Å². The van der Waals surface area contributed by atoms with Crippen LogP contribution in [0.15, 0.2) is 48.5 Å². The fourth-order valence-electron chi connectivity index (χ4n) is 3.72. The third-order valence-corrected chi connectivity index (χ3v) is 6.78. The molecule has 0 bridgehead atoms. The van der Waals surface area contributed by atoms with Crippen LogP contribution in [-0.2, 0) is 4.79 Å². The summed E-state index contributed by atoms with van der Waals surface area (Å²) in [5.41, 5.74) is 2.15. The van der Waals surface area contributed by atoms with E-state index in [0.717, 1.165) is 42.0 Å². The number of rotatable bonds is 5. The van der Waals surface area contributed by atoms with E-state index < -0.39 is 0 Å². The number of fused-ring (bicyclic) bond motifs is 1. The minimum absolute atomic E-state index is 0.0764. The third-order valence-electron chi connectivity index (χ3n) is 5.34. The van der Waals surface area contributed by atoms with Crippen LogP contribution in [0.3, 0.4) is 0 Å². The summed E-state index contributed by atoms with van der Waals surface area (Å²) < 4.78 is 1.22. The zero-order valence-corrected chi connectivity index (χ0v) is 17.5. The zero-order valence-electron chi connectivity index (χ0n) is 15.9. The number of amides is 1. The van der Waals surface area contributed by atoms with Crippen molar-refractivity contribution in [1.29, 1.82) is 0 Å². The summed E-state index contributed by atoms with van der Waals surface area (Å²) in [5, 5.41) is 5.20. The number of nitrogens with one attached hydrogen (secondary N) is 1. The summed E-state index contributed by atoms with van der Waals surface area (Å²) >= 11 is 7.83. The first-order valence-electron chi connectivity index (χ1n) is 9.72. The first kappa shape index (κ1) is 19.4. The Bertz CT molecular complexity index is 940. The van der Waals surface area contributed by atoms with E-state index in [4.69, 9.17) is 16.6 Å². The van der Waals surface area contributed by atoms with Crippen molar-refractivity contribution in [1.82, 2.24) is 15.2 Å². The monoisotopic (exact) mass is 413 g/mol. The Hall–Kier alpha value is -1.95. The summed E-state index contributed by atoms with van der Waals surface area (Å²) in [6, 6.07) is 16.1. The average molecular weight is 414 g/mol. The van der Waals surface area contributed by atoms with Crippen LogP contribution in [-0.4, -0.2) is 35.4 Å². The lowest BCUT2D eigenvalue weighted by Crippen LogP contribution is -2.43. The molecule has 28 heavy (non-hydrogen) atoms. The van der Waals surface area contributed by atoms with Crippen LogP contribution in [0.5, 0.6) is 0 Å². The minimum Gasteiger partial charge on any atom is -0.341 e.